The third-order valence-corrected chi connectivity index (χ3v) is 6.33. The zero-order valence-electron chi connectivity index (χ0n) is 18.1. The number of ether oxygens (including phenoxy) is 1. The minimum Gasteiger partial charge on any atom is -0.455 e. The SMILES string of the molecule is Cc1c2c(c(C)c3ccccc13)-c1c3c(cc(CC(C)(C)C#N)cc3cc[n+]1C)O2. The van der Waals surface area contributed by atoms with E-state index >= 15 is 0 Å². The van der Waals surface area contributed by atoms with Gasteiger partial charge in [0.25, 0.3) is 0 Å². The van der Waals surface area contributed by atoms with Gasteiger partial charge in [0.15, 0.2) is 6.20 Å². The molecule has 0 radical (unpaired) electrons. The van der Waals surface area contributed by atoms with Crippen LogP contribution in [0.25, 0.3) is 32.8 Å². The molecule has 4 aromatic rings. The van der Waals surface area contributed by atoms with Crippen LogP contribution in [-0.2, 0) is 13.5 Å². The van der Waals surface area contributed by atoms with Crippen molar-refractivity contribution in [1.82, 2.24) is 0 Å². The number of hydrogen-bond donors (Lipinski definition) is 0. The van der Waals surface area contributed by atoms with E-state index in [4.69, 9.17) is 4.74 Å². The predicted molar refractivity (Wildman–Crippen MR) is 121 cm³/mol. The highest BCUT2D eigenvalue weighted by Crippen LogP contribution is 2.50. The molecule has 0 fully saturated rings. The van der Waals surface area contributed by atoms with Crippen molar-refractivity contribution in [2.45, 2.75) is 34.1 Å². The van der Waals surface area contributed by atoms with E-state index in [9.17, 15) is 5.26 Å². The Morgan fingerprint density at radius 3 is 2.43 bits per heavy atom. The number of aryl methyl sites for hydroxylation is 3. The van der Waals surface area contributed by atoms with E-state index in [2.05, 4.69) is 80.2 Å². The van der Waals surface area contributed by atoms with E-state index < -0.39 is 5.41 Å². The Balaban J connectivity index is 1.86. The van der Waals surface area contributed by atoms with Gasteiger partial charge in [0.05, 0.1) is 22.4 Å². The maximum Gasteiger partial charge on any atom is 0.228 e. The van der Waals surface area contributed by atoms with Crippen LogP contribution in [0.5, 0.6) is 11.5 Å². The Morgan fingerprint density at radius 2 is 1.73 bits per heavy atom. The summed E-state index contributed by atoms with van der Waals surface area (Å²) in [5, 5.41) is 14.3. The Hall–Kier alpha value is -3.38. The van der Waals surface area contributed by atoms with Gasteiger partial charge in [-0.3, -0.25) is 0 Å². The van der Waals surface area contributed by atoms with Gasteiger partial charge in [-0.05, 0) is 67.5 Å². The second-order valence-corrected chi connectivity index (χ2v) is 9.11. The number of pyridine rings is 1. The highest BCUT2D eigenvalue weighted by Gasteiger charge is 2.32. The number of benzene rings is 3. The summed E-state index contributed by atoms with van der Waals surface area (Å²) in [5.74, 6) is 1.83. The van der Waals surface area contributed by atoms with Crippen LogP contribution in [0.2, 0.25) is 0 Å². The lowest BCUT2D eigenvalue weighted by atomic mass is 9.85. The average molecular weight is 394 g/mol. The van der Waals surface area contributed by atoms with E-state index in [0.717, 1.165) is 33.4 Å². The van der Waals surface area contributed by atoms with Crippen LogP contribution < -0.4 is 9.30 Å². The van der Waals surface area contributed by atoms with Gasteiger partial charge < -0.3 is 4.74 Å². The average Bonchev–Trinajstić information content (AvgIpc) is 2.73. The summed E-state index contributed by atoms with van der Waals surface area (Å²) in [4.78, 5) is 0. The van der Waals surface area contributed by atoms with E-state index in [-0.39, 0.29) is 0 Å². The molecule has 0 spiro atoms. The molecular weight excluding hydrogens is 368 g/mol. The molecule has 148 valence electrons. The topological polar surface area (TPSA) is 36.9 Å². The maximum atomic E-state index is 9.50. The normalized spacial score (nSPS) is 12.5. The Kier molecular flexibility index (Phi) is 3.92. The summed E-state index contributed by atoms with van der Waals surface area (Å²) in [6.07, 6.45) is 2.81. The zero-order valence-corrected chi connectivity index (χ0v) is 18.1. The van der Waals surface area contributed by atoms with Crippen molar-refractivity contribution in [2.24, 2.45) is 12.5 Å². The number of nitriles is 1. The lowest BCUT2D eigenvalue weighted by Crippen LogP contribution is -2.32. The van der Waals surface area contributed by atoms with Crippen molar-refractivity contribution < 1.29 is 9.30 Å². The third kappa shape index (κ3) is 2.60. The number of aromatic nitrogens is 1. The highest BCUT2D eigenvalue weighted by molar-refractivity contribution is 6.06. The monoisotopic (exact) mass is 393 g/mol. The zero-order chi connectivity index (χ0) is 21.2. The molecule has 3 nitrogen and oxygen atoms in total. The Labute approximate surface area is 177 Å². The second-order valence-electron chi connectivity index (χ2n) is 9.11. The first-order chi connectivity index (χ1) is 14.3. The number of hydrogen-bond acceptors (Lipinski definition) is 2. The molecule has 5 rings (SSSR count). The molecule has 0 N–H and O–H groups in total. The molecule has 1 aromatic heterocycles. The molecule has 0 saturated heterocycles. The molecular formula is C27H25N2O+. The van der Waals surface area contributed by atoms with Crippen LogP contribution in [0.4, 0.5) is 0 Å². The number of rotatable bonds is 2. The first-order valence-electron chi connectivity index (χ1n) is 10.4. The maximum absolute atomic E-state index is 9.50. The van der Waals surface area contributed by atoms with Crippen LogP contribution in [0.3, 0.4) is 0 Å². The molecule has 0 bridgehead atoms. The summed E-state index contributed by atoms with van der Waals surface area (Å²) in [6.45, 7) is 8.30. The fraction of sp³-hybridized carbons (Fsp3) is 0.259. The number of fused-ring (bicyclic) bond motifs is 3. The fourth-order valence-electron chi connectivity index (χ4n) is 4.83. The highest BCUT2D eigenvalue weighted by atomic mass is 16.5. The van der Waals surface area contributed by atoms with E-state index in [1.807, 2.05) is 13.8 Å². The van der Waals surface area contributed by atoms with Crippen molar-refractivity contribution in [3.05, 3.63) is 65.4 Å². The van der Waals surface area contributed by atoms with Gasteiger partial charge in [-0.15, -0.1) is 0 Å². The number of nitrogens with zero attached hydrogens (tertiary/aromatic N) is 2. The van der Waals surface area contributed by atoms with Crippen LogP contribution >= 0.6 is 0 Å². The fourth-order valence-corrected chi connectivity index (χ4v) is 4.83. The molecule has 0 aliphatic carbocycles. The second kappa shape index (κ2) is 6.31. The third-order valence-electron chi connectivity index (χ3n) is 6.33. The predicted octanol–water partition coefficient (Wildman–Crippen LogP) is 6.30. The molecule has 3 heteroatoms. The van der Waals surface area contributed by atoms with Crippen molar-refractivity contribution >= 4 is 21.5 Å². The largest absolute Gasteiger partial charge is 0.455 e. The van der Waals surface area contributed by atoms with Gasteiger partial charge in [-0.25, -0.2) is 4.57 Å². The first-order valence-corrected chi connectivity index (χ1v) is 10.4. The molecule has 2 heterocycles. The molecule has 1 aliphatic heterocycles. The summed E-state index contributed by atoms with van der Waals surface area (Å²) in [6, 6.07) is 17.4. The molecule has 0 unspecified atom stereocenters. The minimum absolute atomic E-state index is 0.419. The standard InChI is InChI=1S/C27H25N2O/c1-16-20-8-6-7-9-21(20)17(2)26-23(16)25-24-19(10-11-29(25)5)12-18(13-22(24)30-26)14-27(3,4)15-28/h6-13H,14H2,1-5H3/q+1. The van der Waals surface area contributed by atoms with Crippen molar-refractivity contribution in [3.63, 3.8) is 0 Å². The molecule has 0 atom stereocenters. The Bertz CT molecular complexity index is 1410. The molecule has 0 saturated carbocycles. The quantitative estimate of drug-likeness (QED) is 0.330. The summed E-state index contributed by atoms with van der Waals surface area (Å²) >= 11 is 0. The van der Waals surface area contributed by atoms with Crippen LogP contribution in [0, 0.1) is 30.6 Å². The van der Waals surface area contributed by atoms with Gasteiger partial charge in [0.2, 0.25) is 5.69 Å². The van der Waals surface area contributed by atoms with Crippen molar-refractivity contribution in [2.75, 3.05) is 0 Å². The van der Waals surface area contributed by atoms with E-state index in [0.29, 0.717) is 6.42 Å². The van der Waals surface area contributed by atoms with Crippen LogP contribution in [0.1, 0.15) is 30.5 Å². The first kappa shape index (κ1) is 18.6. The molecule has 3 aromatic carbocycles. The van der Waals surface area contributed by atoms with Gasteiger partial charge in [0.1, 0.15) is 18.5 Å². The van der Waals surface area contributed by atoms with E-state index in [1.165, 1.54) is 27.6 Å². The van der Waals surface area contributed by atoms with Gasteiger partial charge in [0, 0.05) is 11.6 Å². The smallest absolute Gasteiger partial charge is 0.228 e. The Morgan fingerprint density at radius 1 is 1.03 bits per heavy atom. The van der Waals surface area contributed by atoms with Gasteiger partial charge in [-0.2, -0.15) is 5.26 Å². The van der Waals surface area contributed by atoms with Crippen LogP contribution in [0.15, 0.2) is 48.7 Å². The van der Waals surface area contributed by atoms with Crippen molar-refractivity contribution in [1.29, 1.82) is 5.26 Å². The molecule has 0 amide bonds. The van der Waals surface area contributed by atoms with Gasteiger partial charge >= 0.3 is 0 Å². The lowest BCUT2D eigenvalue weighted by molar-refractivity contribution is -0.659. The minimum atomic E-state index is -0.419. The van der Waals surface area contributed by atoms with Crippen molar-refractivity contribution in [3.8, 4) is 28.8 Å². The van der Waals surface area contributed by atoms with Gasteiger partial charge in [-0.1, -0.05) is 30.3 Å². The summed E-state index contributed by atoms with van der Waals surface area (Å²) in [5.41, 5.74) is 5.49. The van der Waals surface area contributed by atoms with E-state index in [1.54, 1.807) is 0 Å². The summed E-state index contributed by atoms with van der Waals surface area (Å²) < 4.78 is 8.82. The molecule has 30 heavy (non-hydrogen) atoms. The molecule has 1 aliphatic rings. The summed E-state index contributed by atoms with van der Waals surface area (Å²) in [7, 11) is 2.10. The lowest BCUT2D eigenvalue weighted by Gasteiger charge is -2.25. The van der Waals surface area contributed by atoms with Crippen LogP contribution in [-0.4, -0.2) is 0 Å².